The van der Waals surface area contributed by atoms with Gasteiger partial charge in [-0.15, -0.1) is 0 Å². The summed E-state index contributed by atoms with van der Waals surface area (Å²) in [4.78, 5) is 25.2. The van der Waals surface area contributed by atoms with Crippen molar-refractivity contribution in [2.24, 2.45) is 11.7 Å². The maximum Gasteiger partial charge on any atom is 0.457 e. The molecule has 1 aliphatic heterocycles. The van der Waals surface area contributed by atoms with E-state index in [1.165, 1.54) is 6.92 Å². The van der Waals surface area contributed by atoms with Crippen LogP contribution < -0.4 is 16.4 Å². The highest BCUT2D eigenvalue weighted by atomic mass is 16.7. The molecule has 1 saturated heterocycles. The zero-order valence-corrected chi connectivity index (χ0v) is 19.5. The van der Waals surface area contributed by atoms with Gasteiger partial charge in [0.15, 0.2) is 0 Å². The fraction of sp³-hybridized carbons (Fsp3) is 0.905. The van der Waals surface area contributed by atoms with E-state index in [1.54, 1.807) is 0 Å². The molecular formula is C21H40BN3O4. The minimum Gasteiger partial charge on any atom is -0.403 e. The average molecular weight is 409 g/mol. The molecule has 0 spiro atoms. The van der Waals surface area contributed by atoms with Crippen LogP contribution in [0.2, 0.25) is 6.32 Å². The number of rotatable bonds is 5. The van der Waals surface area contributed by atoms with Crippen LogP contribution in [0.5, 0.6) is 0 Å². The van der Waals surface area contributed by atoms with Gasteiger partial charge >= 0.3 is 7.12 Å². The molecule has 0 aromatic carbocycles. The summed E-state index contributed by atoms with van der Waals surface area (Å²) in [6.45, 7) is 15.4. The zero-order valence-electron chi connectivity index (χ0n) is 19.5. The van der Waals surface area contributed by atoms with Gasteiger partial charge in [0.25, 0.3) is 0 Å². The first kappa shape index (κ1) is 24.2. The second kappa shape index (κ2) is 8.19. The number of nitrogens with one attached hydrogen (secondary N) is 2. The fourth-order valence-corrected chi connectivity index (χ4v) is 4.30. The van der Waals surface area contributed by atoms with Crippen LogP contribution in [0.15, 0.2) is 0 Å². The Morgan fingerprint density at radius 3 is 2.14 bits per heavy atom. The highest BCUT2D eigenvalue weighted by Crippen LogP contribution is 2.40. The first-order chi connectivity index (χ1) is 13.1. The molecule has 2 amide bonds. The standard InChI is InChI=1S/C21H40BN3O4/c1-14(26)24-21(17(27)25-18(2,3)4)13-15(9-10-16(21)23)11-12-22-28-19(5,6)20(7,8)29-22/h15-16H,9-13,23H2,1-8H3,(H,24,26)(H,25,27). The van der Waals surface area contributed by atoms with Crippen molar-refractivity contribution >= 4 is 18.9 Å². The molecule has 1 heterocycles. The summed E-state index contributed by atoms with van der Waals surface area (Å²) in [5.41, 5.74) is 4.22. The van der Waals surface area contributed by atoms with E-state index in [4.69, 9.17) is 15.0 Å². The van der Waals surface area contributed by atoms with Crippen LogP contribution >= 0.6 is 0 Å². The number of nitrogens with two attached hydrogens (primary N) is 1. The first-order valence-corrected chi connectivity index (χ1v) is 10.8. The van der Waals surface area contributed by atoms with E-state index in [1.807, 2.05) is 48.5 Å². The molecular weight excluding hydrogens is 369 g/mol. The van der Waals surface area contributed by atoms with Crippen LogP contribution in [-0.2, 0) is 18.9 Å². The third-order valence-corrected chi connectivity index (χ3v) is 6.54. The molecule has 0 aromatic heterocycles. The lowest BCUT2D eigenvalue weighted by Gasteiger charge is -2.45. The van der Waals surface area contributed by atoms with Crippen molar-refractivity contribution < 1.29 is 18.9 Å². The summed E-state index contributed by atoms with van der Waals surface area (Å²) in [6, 6.07) is -0.415. The van der Waals surface area contributed by atoms with E-state index in [0.29, 0.717) is 12.8 Å². The number of hydrogen-bond donors (Lipinski definition) is 3. The van der Waals surface area contributed by atoms with E-state index >= 15 is 0 Å². The molecule has 8 heteroatoms. The lowest BCUT2D eigenvalue weighted by molar-refractivity contribution is -0.137. The molecule has 0 radical (unpaired) electrons. The Labute approximate surface area is 176 Å². The van der Waals surface area contributed by atoms with Gasteiger partial charge in [-0.05, 0) is 80.0 Å². The minimum absolute atomic E-state index is 0.201. The average Bonchev–Trinajstić information content (AvgIpc) is 2.73. The van der Waals surface area contributed by atoms with Crippen LogP contribution in [0.3, 0.4) is 0 Å². The van der Waals surface area contributed by atoms with Crippen molar-refractivity contribution in [1.29, 1.82) is 0 Å². The Morgan fingerprint density at radius 2 is 1.66 bits per heavy atom. The van der Waals surface area contributed by atoms with E-state index in [0.717, 1.165) is 19.2 Å². The number of carbonyl (C=O) groups excluding carboxylic acids is 2. The molecule has 4 N–H and O–H groups in total. The first-order valence-electron chi connectivity index (χ1n) is 10.8. The number of amides is 2. The van der Waals surface area contributed by atoms with Gasteiger partial charge in [0, 0.05) is 18.5 Å². The molecule has 1 saturated carbocycles. The van der Waals surface area contributed by atoms with Gasteiger partial charge in [-0.3, -0.25) is 9.59 Å². The summed E-state index contributed by atoms with van der Waals surface area (Å²) in [7, 11) is -0.255. The highest BCUT2D eigenvalue weighted by molar-refractivity contribution is 6.45. The van der Waals surface area contributed by atoms with E-state index in [9.17, 15) is 9.59 Å². The predicted molar refractivity (Wildman–Crippen MR) is 115 cm³/mol. The summed E-state index contributed by atoms with van der Waals surface area (Å²) in [6.07, 6.45) is 3.74. The van der Waals surface area contributed by atoms with Crippen molar-refractivity contribution in [3.8, 4) is 0 Å². The van der Waals surface area contributed by atoms with Gasteiger partial charge in [-0.25, -0.2) is 0 Å². The van der Waals surface area contributed by atoms with Gasteiger partial charge < -0.3 is 25.7 Å². The molecule has 1 aliphatic carbocycles. The molecule has 166 valence electrons. The Hall–Kier alpha value is -1.12. The third kappa shape index (κ3) is 5.53. The van der Waals surface area contributed by atoms with Crippen LogP contribution in [0, 0.1) is 5.92 Å². The zero-order chi connectivity index (χ0) is 22.3. The fourth-order valence-electron chi connectivity index (χ4n) is 4.30. The summed E-state index contributed by atoms with van der Waals surface area (Å²) in [5, 5.41) is 5.93. The monoisotopic (exact) mass is 409 g/mol. The highest BCUT2D eigenvalue weighted by Gasteiger charge is 2.52. The lowest BCUT2D eigenvalue weighted by Crippen LogP contribution is -2.71. The number of hydrogen-bond acceptors (Lipinski definition) is 5. The van der Waals surface area contributed by atoms with Gasteiger partial charge in [0.1, 0.15) is 5.54 Å². The molecule has 2 rings (SSSR count). The third-order valence-electron chi connectivity index (χ3n) is 6.54. The maximum absolute atomic E-state index is 13.2. The summed E-state index contributed by atoms with van der Waals surface area (Å²) in [5.74, 6) is -0.185. The normalized spacial score (nSPS) is 31.4. The molecule has 29 heavy (non-hydrogen) atoms. The van der Waals surface area contributed by atoms with Crippen molar-refractivity contribution in [3.05, 3.63) is 0 Å². The van der Waals surface area contributed by atoms with Crippen molar-refractivity contribution in [2.45, 2.75) is 116 Å². The largest absolute Gasteiger partial charge is 0.457 e. The smallest absolute Gasteiger partial charge is 0.403 e. The van der Waals surface area contributed by atoms with Crippen LogP contribution in [0.4, 0.5) is 0 Å². The van der Waals surface area contributed by atoms with E-state index in [-0.39, 0.29) is 36.1 Å². The number of carbonyl (C=O) groups is 2. The van der Waals surface area contributed by atoms with Gasteiger partial charge in [0.2, 0.25) is 11.8 Å². The van der Waals surface area contributed by atoms with Crippen LogP contribution in [0.1, 0.15) is 81.1 Å². The Bertz CT molecular complexity index is 616. The quantitative estimate of drug-likeness (QED) is 0.605. The van der Waals surface area contributed by atoms with Gasteiger partial charge in [0.05, 0.1) is 11.2 Å². The maximum atomic E-state index is 13.2. The second-order valence-electron chi connectivity index (χ2n) is 10.9. The Morgan fingerprint density at radius 1 is 1.10 bits per heavy atom. The van der Waals surface area contributed by atoms with E-state index < -0.39 is 17.1 Å². The van der Waals surface area contributed by atoms with Crippen molar-refractivity contribution in [1.82, 2.24) is 10.6 Å². The SMILES string of the molecule is CC(=O)NC1(C(=O)NC(C)(C)C)CC(CCB2OC(C)(C)C(C)(C)O2)CCC1N. The minimum atomic E-state index is -1.09. The van der Waals surface area contributed by atoms with Crippen molar-refractivity contribution in [2.75, 3.05) is 0 Å². The molecule has 0 bridgehead atoms. The predicted octanol–water partition coefficient (Wildman–Crippen LogP) is 2.39. The molecule has 3 unspecified atom stereocenters. The second-order valence-corrected chi connectivity index (χ2v) is 10.9. The Balaban J connectivity index is 2.10. The molecule has 2 fully saturated rings. The topological polar surface area (TPSA) is 103 Å². The van der Waals surface area contributed by atoms with Crippen LogP contribution in [-0.4, -0.2) is 47.3 Å². The van der Waals surface area contributed by atoms with Crippen molar-refractivity contribution in [3.63, 3.8) is 0 Å². The van der Waals surface area contributed by atoms with E-state index in [2.05, 4.69) is 10.6 Å². The molecule has 3 atom stereocenters. The summed E-state index contributed by atoms with van der Waals surface area (Å²) >= 11 is 0. The summed E-state index contributed by atoms with van der Waals surface area (Å²) < 4.78 is 12.2. The van der Waals surface area contributed by atoms with Gasteiger partial charge in [-0.1, -0.05) is 6.42 Å². The lowest BCUT2D eigenvalue weighted by atomic mass is 9.68. The molecule has 0 aromatic rings. The molecule has 7 nitrogen and oxygen atoms in total. The Kier molecular flexibility index (Phi) is 6.83. The van der Waals surface area contributed by atoms with Gasteiger partial charge in [-0.2, -0.15) is 0 Å². The van der Waals surface area contributed by atoms with Crippen LogP contribution in [0.25, 0.3) is 0 Å². The molecule has 2 aliphatic rings.